The van der Waals surface area contributed by atoms with Crippen LogP contribution in [0.4, 0.5) is 0 Å². The van der Waals surface area contributed by atoms with E-state index in [9.17, 15) is 13.7 Å². The Morgan fingerprint density at radius 1 is 0.950 bits per heavy atom. The topological polar surface area (TPSA) is 85.0 Å². The Labute approximate surface area is 238 Å². The summed E-state index contributed by atoms with van der Waals surface area (Å²) in [5, 5.41) is 15.3. The Morgan fingerprint density at radius 2 is 1.62 bits per heavy atom. The number of para-hydroxylation sites is 1. The molecule has 0 radical (unpaired) electrons. The van der Waals surface area contributed by atoms with Gasteiger partial charge in [-0.05, 0) is 67.6 Å². The van der Waals surface area contributed by atoms with E-state index < -0.39 is 9.84 Å². The standard InChI is InChI=1S/C32H24ClN3O3S/c1-23-11-17-29(18-12-23)40(37,38)30(20-34)19-26-21-36(27-8-3-2-4-9-27)35-32(26)24-13-15-28(16-14-24)39-22-25-7-5-6-10-31(25)33/h2-19,21H,22H2,1H3/b30-19-. The normalized spacial score (nSPS) is 11.7. The summed E-state index contributed by atoms with van der Waals surface area (Å²) < 4.78 is 34.2. The minimum absolute atomic E-state index is 0.0583. The summed E-state index contributed by atoms with van der Waals surface area (Å²) in [6.45, 7) is 2.19. The Balaban J connectivity index is 1.52. The fourth-order valence-electron chi connectivity index (χ4n) is 4.07. The quantitative estimate of drug-likeness (QED) is 0.183. The number of hydrogen-bond acceptors (Lipinski definition) is 5. The molecular formula is C32H24ClN3O3S. The number of allylic oxidation sites excluding steroid dienone is 1. The van der Waals surface area contributed by atoms with Crippen molar-refractivity contribution in [2.75, 3.05) is 0 Å². The van der Waals surface area contributed by atoms with Crippen molar-refractivity contribution < 1.29 is 13.2 Å². The zero-order chi connectivity index (χ0) is 28.1. The van der Waals surface area contributed by atoms with Crippen molar-refractivity contribution in [2.45, 2.75) is 18.4 Å². The molecule has 0 saturated heterocycles. The first-order valence-electron chi connectivity index (χ1n) is 12.4. The molecule has 1 heterocycles. The molecule has 0 spiro atoms. The monoisotopic (exact) mass is 565 g/mol. The molecule has 0 saturated carbocycles. The van der Waals surface area contributed by atoms with Crippen LogP contribution in [-0.4, -0.2) is 18.2 Å². The first-order valence-corrected chi connectivity index (χ1v) is 14.3. The zero-order valence-corrected chi connectivity index (χ0v) is 23.1. The molecule has 0 N–H and O–H groups in total. The van der Waals surface area contributed by atoms with Gasteiger partial charge < -0.3 is 4.74 Å². The van der Waals surface area contributed by atoms with Crippen molar-refractivity contribution in [3.63, 3.8) is 0 Å². The van der Waals surface area contributed by atoms with Gasteiger partial charge in [0, 0.05) is 27.9 Å². The molecule has 0 unspecified atom stereocenters. The molecule has 0 fully saturated rings. The van der Waals surface area contributed by atoms with Crippen LogP contribution in [0.25, 0.3) is 23.0 Å². The van der Waals surface area contributed by atoms with E-state index in [1.165, 1.54) is 18.2 Å². The lowest BCUT2D eigenvalue weighted by molar-refractivity contribution is 0.306. The summed E-state index contributed by atoms with van der Waals surface area (Å²) in [7, 11) is -4.03. The second-order valence-electron chi connectivity index (χ2n) is 9.05. The number of sulfone groups is 1. The number of nitrogens with zero attached hydrogens (tertiary/aromatic N) is 3. The number of nitriles is 1. The average Bonchev–Trinajstić information content (AvgIpc) is 3.40. The predicted molar refractivity (Wildman–Crippen MR) is 157 cm³/mol. The van der Waals surface area contributed by atoms with E-state index in [1.807, 2.05) is 91.9 Å². The summed E-state index contributed by atoms with van der Waals surface area (Å²) in [5.74, 6) is 0.642. The Bertz CT molecular complexity index is 1820. The highest BCUT2D eigenvalue weighted by Gasteiger charge is 2.22. The molecule has 0 aliphatic rings. The molecule has 1 aromatic heterocycles. The summed E-state index contributed by atoms with van der Waals surface area (Å²) >= 11 is 6.24. The minimum atomic E-state index is -4.03. The molecule has 6 nitrogen and oxygen atoms in total. The highest BCUT2D eigenvalue weighted by Crippen LogP contribution is 2.30. The maximum Gasteiger partial charge on any atom is 0.216 e. The fourth-order valence-corrected chi connectivity index (χ4v) is 5.41. The molecule has 0 aliphatic carbocycles. The van der Waals surface area contributed by atoms with Gasteiger partial charge in [-0.25, -0.2) is 13.1 Å². The van der Waals surface area contributed by atoms with E-state index in [-0.39, 0.29) is 9.80 Å². The van der Waals surface area contributed by atoms with Crippen molar-refractivity contribution in [2.24, 2.45) is 0 Å². The van der Waals surface area contributed by atoms with Gasteiger partial charge in [-0.2, -0.15) is 10.4 Å². The van der Waals surface area contributed by atoms with Crippen LogP contribution in [0.2, 0.25) is 5.02 Å². The SMILES string of the molecule is Cc1ccc(S(=O)(=O)/C(C#N)=C\c2cn(-c3ccccc3)nc2-c2ccc(OCc3ccccc3Cl)cc2)cc1. The molecule has 5 rings (SSSR count). The molecule has 0 bridgehead atoms. The Hall–Kier alpha value is -4.64. The number of rotatable bonds is 8. The summed E-state index contributed by atoms with van der Waals surface area (Å²) in [4.78, 5) is -0.312. The number of hydrogen-bond donors (Lipinski definition) is 0. The van der Waals surface area contributed by atoms with E-state index in [0.717, 1.165) is 22.4 Å². The summed E-state index contributed by atoms with van der Waals surface area (Å²) in [6, 6.07) is 32.6. The largest absolute Gasteiger partial charge is 0.489 e. The Kier molecular flexibility index (Phi) is 7.83. The number of benzene rings is 4. The van der Waals surface area contributed by atoms with Gasteiger partial charge in [0.2, 0.25) is 9.84 Å². The summed E-state index contributed by atoms with van der Waals surface area (Å²) in [5.41, 5.74) is 4.33. The van der Waals surface area contributed by atoms with Gasteiger partial charge in [-0.3, -0.25) is 0 Å². The van der Waals surface area contributed by atoms with Crippen LogP contribution >= 0.6 is 11.6 Å². The molecule has 5 aromatic rings. The first-order chi connectivity index (χ1) is 19.3. The minimum Gasteiger partial charge on any atom is -0.489 e. The van der Waals surface area contributed by atoms with Gasteiger partial charge in [0.25, 0.3) is 0 Å². The highest BCUT2D eigenvalue weighted by atomic mass is 35.5. The van der Waals surface area contributed by atoms with Crippen molar-refractivity contribution in [3.05, 3.63) is 136 Å². The van der Waals surface area contributed by atoms with Crippen LogP contribution in [0.15, 0.2) is 119 Å². The second-order valence-corrected chi connectivity index (χ2v) is 11.4. The lowest BCUT2D eigenvalue weighted by Gasteiger charge is -2.08. The molecule has 0 amide bonds. The third-order valence-electron chi connectivity index (χ3n) is 6.26. The molecule has 198 valence electrons. The molecule has 4 aromatic carbocycles. The van der Waals surface area contributed by atoms with Crippen molar-refractivity contribution >= 4 is 27.5 Å². The van der Waals surface area contributed by atoms with E-state index in [2.05, 4.69) is 0 Å². The lowest BCUT2D eigenvalue weighted by atomic mass is 10.1. The molecule has 8 heteroatoms. The third kappa shape index (κ3) is 5.84. The van der Waals surface area contributed by atoms with Crippen LogP contribution < -0.4 is 4.74 Å². The third-order valence-corrected chi connectivity index (χ3v) is 8.31. The fraction of sp³-hybridized carbons (Fsp3) is 0.0625. The van der Waals surface area contributed by atoms with E-state index in [0.29, 0.717) is 28.6 Å². The molecule has 40 heavy (non-hydrogen) atoms. The molecule has 0 aliphatic heterocycles. The lowest BCUT2D eigenvalue weighted by Crippen LogP contribution is -2.03. The van der Waals surface area contributed by atoms with Crippen molar-refractivity contribution in [1.29, 1.82) is 5.26 Å². The van der Waals surface area contributed by atoms with Crippen molar-refractivity contribution in [3.8, 4) is 28.8 Å². The van der Waals surface area contributed by atoms with E-state index in [1.54, 1.807) is 23.0 Å². The molecule has 0 atom stereocenters. The summed E-state index contributed by atoms with van der Waals surface area (Å²) in [6.07, 6.45) is 3.09. The van der Waals surface area contributed by atoms with Crippen LogP contribution in [-0.2, 0) is 16.4 Å². The average molecular weight is 566 g/mol. The van der Waals surface area contributed by atoms with Crippen LogP contribution in [0.5, 0.6) is 5.75 Å². The van der Waals surface area contributed by atoms with Gasteiger partial charge in [0.1, 0.15) is 29.0 Å². The van der Waals surface area contributed by atoms with Gasteiger partial charge in [-0.15, -0.1) is 0 Å². The van der Waals surface area contributed by atoms with Crippen molar-refractivity contribution in [1.82, 2.24) is 9.78 Å². The second kappa shape index (κ2) is 11.6. The van der Waals surface area contributed by atoms with E-state index >= 15 is 0 Å². The predicted octanol–water partition coefficient (Wildman–Crippen LogP) is 7.42. The van der Waals surface area contributed by atoms with Gasteiger partial charge in [-0.1, -0.05) is 65.7 Å². The smallest absolute Gasteiger partial charge is 0.216 e. The Morgan fingerprint density at radius 3 is 2.30 bits per heavy atom. The number of aryl methyl sites for hydroxylation is 1. The number of aromatic nitrogens is 2. The first kappa shape index (κ1) is 26.9. The van der Waals surface area contributed by atoms with Crippen LogP contribution in [0.3, 0.4) is 0 Å². The van der Waals surface area contributed by atoms with Gasteiger partial charge >= 0.3 is 0 Å². The maximum absolute atomic E-state index is 13.3. The highest BCUT2D eigenvalue weighted by molar-refractivity contribution is 7.95. The van der Waals surface area contributed by atoms with Gasteiger partial charge in [0.05, 0.1) is 10.6 Å². The maximum atomic E-state index is 13.3. The van der Waals surface area contributed by atoms with Crippen LogP contribution in [0.1, 0.15) is 16.7 Å². The van der Waals surface area contributed by atoms with Gasteiger partial charge in [0.15, 0.2) is 0 Å². The number of halogens is 1. The van der Waals surface area contributed by atoms with Crippen LogP contribution in [0, 0.1) is 18.3 Å². The molecular weight excluding hydrogens is 542 g/mol. The van der Waals surface area contributed by atoms with E-state index in [4.69, 9.17) is 21.4 Å². The number of ether oxygens (including phenoxy) is 1. The zero-order valence-electron chi connectivity index (χ0n) is 21.5.